The quantitative estimate of drug-likeness (QED) is 0.805. The van der Waals surface area contributed by atoms with Gasteiger partial charge in [-0.05, 0) is 36.6 Å². The van der Waals surface area contributed by atoms with Gasteiger partial charge in [0, 0.05) is 44.6 Å². The molecule has 1 aliphatic rings. The van der Waals surface area contributed by atoms with Gasteiger partial charge in [-0.3, -0.25) is 9.78 Å². The molecule has 1 aromatic heterocycles. The van der Waals surface area contributed by atoms with Crippen molar-refractivity contribution in [1.82, 2.24) is 15.2 Å². The number of hydrogen-bond acceptors (Lipinski definition) is 3. The molecule has 96 valence electrons. The summed E-state index contributed by atoms with van der Waals surface area (Å²) < 4.78 is 0. The standard InChI is InChI=1S/C14H19N3O/c1-11(13-9-16-10-13)14(18)17(2)8-5-12-3-6-15-7-4-12/h3-4,6-7,16H,5,8-10H2,1-2H3. The third kappa shape index (κ3) is 2.96. The van der Waals surface area contributed by atoms with E-state index < -0.39 is 0 Å². The number of pyridine rings is 1. The van der Waals surface area contributed by atoms with E-state index >= 15 is 0 Å². The average molecular weight is 245 g/mol. The van der Waals surface area contributed by atoms with Crippen LogP contribution in [0.4, 0.5) is 0 Å². The summed E-state index contributed by atoms with van der Waals surface area (Å²) >= 11 is 0. The lowest BCUT2D eigenvalue weighted by molar-refractivity contribution is -0.125. The summed E-state index contributed by atoms with van der Waals surface area (Å²) in [5, 5.41) is 3.16. The molecule has 0 radical (unpaired) electrons. The van der Waals surface area contributed by atoms with E-state index in [0.717, 1.165) is 31.6 Å². The predicted molar refractivity (Wildman–Crippen MR) is 71.1 cm³/mol. The lowest BCUT2D eigenvalue weighted by Crippen LogP contribution is -2.38. The molecule has 0 bridgehead atoms. The Labute approximate surface area is 108 Å². The second-order valence-corrected chi connectivity index (χ2v) is 4.66. The van der Waals surface area contributed by atoms with E-state index in [4.69, 9.17) is 0 Å². The number of carbonyl (C=O) groups excluding carboxylic acids is 1. The summed E-state index contributed by atoms with van der Waals surface area (Å²) in [5.74, 6) is 0.139. The van der Waals surface area contributed by atoms with E-state index in [1.165, 1.54) is 11.1 Å². The van der Waals surface area contributed by atoms with Gasteiger partial charge >= 0.3 is 0 Å². The summed E-state index contributed by atoms with van der Waals surface area (Å²) in [4.78, 5) is 17.9. The smallest absolute Gasteiger partial charge is 0.249 e. The van der Waals surface area contributed by atoms with Crippen LogP contribution in [0.5, 0.6) is 0 Å². The normalized spacial score (nSPS) is 14.0. The van der Waals surface area contributed by atoms with E-state index in [-0.39, 0.29) is 5.91 Å². The molecule has 1 saturated heterocycles. The van der Waals surface area contributed by atoms with Crippen LogP contribution in [0.2, 0.25) is 0 Å². The van der Waals surface area contributed by atoms with Gasteiger partial charge in [-0.15, -0.1) is 0 Å². The molecule has 4 heteroatoms. The predicted octanol–water partition coefficient (Wildman–Crippen LogP) is 1.00. The second-order valence-electron chi connectivity index (χ2n) is 4.66. The SMILES string of the molecule is CC(C(=O)N(C)CCc1ccncc1)=C1CNC1. The Bertz CT molecular complexity index is 447. The van der Waals surface area contributed by atoms with Gasteiger partial charge in [0.25, 0.3) is 0 Å². The maximum atomic E-state index is 12.1. The molecule has 0 aliphatic carbocycles. The molecule has 1 aromatic rings. The first-order chi connectivity index (χ1) is 8.68. The fraction of sp³-hybridized carbons (Fsp3) is 0.429. The van der Waals surface area contributed by atoms with Crippen molar-refractivity contribution in [2.24, 2.45) is 0 Å². The summed E-state index contributed by atoms with van der Waals surface area (Å²) in [6.07, 6.45) is 4.43. The first-order valence-electron chi connectivity index (χ1n) is 6.22. The van der Waals surface area contributed by atoms with Gasteiger partial charge in [-0.1, -0.05) is 0 Å². The molecule has 4 nitrogen and oxygen atoms in total. The molecule has 1 fully saturated rings. The van der Waals surface area contributed by atoms with E-state index in [1.54, 1.807) is 17.3 Å². The van der Waals surface area contributed by atoms with Crippen LogP contribution in [0, 0.1) is 0 Å². The molecule has 18 heavy (non-hydrogen) atoms. The molecular weight excluding hydrogens is 226 g/mol. The van der Waals surface area contributed by atoms with Crippen LogP contribution in [0.25, 0.3) is 0 Å². The summed E-state index contributed by atoms with van der Waals surface area (Å²) in [6, 6.07) is 3.97. The number of nitrogens with zero attached hydrogens (tertiary/aromatic N) is 2. The third-order valence-electron chi connectivity index (χ3n) is 3.36. The van der Waals surface area contributed by atoms with Crippen molar-refractivity contribution < 1.29 is 4.79 Å². The maximum absolute atomic E-state index is 12.1. The Hall–Kier alpha value is -1.68. The molecule has 0 aromatic carbocycles. The lowest BCUT2D eigenvalue weighted by Gasteiger charge is -2.24. The van der Waals surface area contributed by atoms with Crippen LogP contribution in [-0.4, -0.2) is 42.5 Å². The Balaban J connectivity index is 1.88. The van der Waals surface area contributed by atoms with E-state index in [1.807, 2.05) is 26.1 Å². The molecule has 0 atom stereocenters. The van der Waals surface area contributed by atoms with Crippen LogP contribution >= 0.6 is 0 Å². The molecule has 1 aliphatic heterocycles. The minimum absolute atomic E-state index is 0.139. The number of likely N-dealkylation sites (N-methyl/N-ethyl adjacent to an activating group) is 1. The second kappa shape index (κ2) is 5.78. The van der Waals surface area contributed by atoms with Crippen molar-refractivity contribution in [3.8, 4) is 0 Å². The molecule has 1 amide bonds. The van der Waals surface area contributed by atoms with Gasteiger partial charge in [-0.25, -0.2) is 0 Å². The van der Waals surface area contributed by atoms with Crippen molar-refractivity contribution >= 4 is 5.91 Å². The highest BCUT2D eigenvalue weighted by molar-refractivity contribution is 5.93. The number of rotatable bonds is 4. The highest BCUT2D eigenvalue weighted by Crippen LogP contribution is 2.11. The summed E-state index contributed by atoms with van der Waals surface area (Å²) in [5.41, 5.74) is 3.34. The Kier molecular flexibility index (Phi) is 4.10. The monoisotopic (exact) mass is 245 g/mol. The van der Waals surface area contributed by atoms with Gasteiger partial charge in [0.1, 0.15) is 0 Å². The van der Waals surface area contributed by atoms with Gasteiger partial charge in [-0.2, -0.15) is 0 Å². The molecular formula is C14H19N3O. The van der Waals surface area contributed by atoms with Crippen molar-refractivity contribution in [2.45, 2.75) is 13.3 Å². The topological polar surface area (TPSA) is 45.2 Å². The van der Waals surface area contributed by atoms with Crippen LogP contribution in [-0.2, 0) is 11.2 Å². The van der Waals surface area contributed by atoms with E-state index in [9.17, 15) is 4.79 Å². The zero-order valence-corrected chi connectivity index (χ0v) is 10.9. The molecule has 2 rings (SSSR count). The highest BCUT2D eigenvalue weighted by Gasteiger charge is 2.18. The average Bonchev–Trinajstić information content (AvgIpc) is 2.34. The van der Waals surface area contributed by atoms with Crippen LogP contribution < -0.4 is 5.32 Å². The minimum atomic E-state index is 0.139. The van der Waals surface area contributed by atoms with Crippen LogP contribution in [0.15, 0.2) is 35.7 Å². The van der Waals surface area contributed by atoms with E-state index in [2.05, 4.69) is 10.3 Å². The molecule has 0 saturated carbocycles. The molecule has 0 spiro atoms. The van der Waals surface area contributed by atoms with Crippen LogP contribution in [0.3, 0.4) is 0 Å². The number of amides is 1. The third-order valence-corrected chi connectivity index (χ3v) is 3.36. The van der Waals surface area contributed by atoms with Gasteiger partial charge in [0.2, 0.25) is 5.91 Å². The van der Waals surface area contributed by atoms with Gasteiger partial charge < -0.3 is 10.2 Å². The van der Waals surface area contributed by atoms with Crippen molar-refractivity contribution in [1.29, 1.82) is 0 Å². The lowest BCUT2D eigenvalue weighted by atomic mass is 10.0. The Morgan fingerprint density at radius 1 is 1.39 bits per heavy atom. The van der Waals surface area contributed by atoms with Crippen LogP contribution in [0.1, 0.15) is 12.5 Å². The Morgan fingerprint density at radius 2 is 2.06 bits per heavy atom. The number of carbonyl (C=O) groups is 1. The minimum Gasteiger partial charge on any atom is -0.342 e. The fourth-order valence-electron chi connectivity index (χ4n) is 1.90. The van der Waals surface area contributed by atoms with Gasteiger partial charge in [0.15, 0.2) is 0 Å². The van der Waals surface area contributed by atoms with Gasteiger partial charge in [0.05, 0.1) is 0 Å². The van der Waals surface area contributed by atoms with Crippen molar-refractivity contribution in [3.05, 3.63) is 41.2 Å². The van der Waals surface area contributed by atoms with Crippen molar-refractivity contribution in [3.63, 3.8) is 0 Å². The zero-order valence-electron chi connectivity index (χ0n) is 10.9. The number of hydrogen-bond donors (Lipinski definition) is 1. The molecule has 0 unspecified atom stereocenters. The first kappa shape index (κ1) is 12.8. The number of nitrogens with one attached hydrogen (secondary N) is 1. The highest BCUT2D eigenvalue weighted by atomic mass is 16.2. The van der Waals surface area contributed by atoms with E-state index in [0.29, 0.717) is 0 Å². The summed E-state index contributed by atoms with van der Waals surface area (Å²) in [6.45, 7) is 4.37. The van der Waals surface area contributed by atoms with Crippen molar-refractivity contribution in [2.75, 3.05) is 26.7 Å². The zero-order chi connectivity index (χ0) is 13.0. The molecule has 1 N–H and O–H groups in total. The summed E-state index contributed by atoms with van der Waals surface area (Å²) in [7, 11) is 1.86. The first-order valence-corrected chi connectivity index (χ1v) is 6.22. The largest absolute Gasteiger partial charge is 0.342 e. The Morgan fingerprint density at radius 3 is 2.61 bits per heavy atom. The molecule has 2 heterocycles. The maximum Gasteiger partial charge on any atom is 0.249 e. The number of aromatic nitrogens is 1. The fourth-order valence-corrected chi connectivity index (χ4v) is 1.90.